The molecular weight excluding hydrogens is 653 g/mol. The molecule has 2 bridgehead atoms. The van der Waals surface area contributed by atoms with Crippen LogP contribution in [-0.4, -0.2) is 34.9 Å². The van der Waals surface area contributed by atoms with E-state index in [4.69, 9.17) is 5.32 Å². The fourth-order valence-electron chi connectivity index (χ4n) is 7.48. The average molecular weight is 692 g/mol. The number of pyridine rings is 1. The molecule has 3 aliphatic heterocycles. The van der Waals surface area contributed by atoms with Crippen molar-refractivity contribution in [3.63, 3.8) is 0 Å². The SMILES string of the molecule is CCC1CN2CCC1C[C@@H]2[C@H]([N-]C(=O)c1ccccc1[PH+](c1ccccc1)c1ccccc1)c1ccnc2ccccc12.[Ag+]. The summed E-state index contributed by atoms with van der Waals surface area (Å²) in [6.07, 6.45) is 5.43. The number of rotatable bonds is 8. The molecule has 4 heterocycles. The van der Waals surface area contributed by atoms with Crippen LogP contribution >= 0.6 is 7.92 Å². The first-order valence-corrected chi connectivity index (χ1v) is 17.1. The number of nitrogens with zero attached hydrogens (tertiary/aromatic N) is 3. The molecule has 4 nitrogen and oxygen atoms in total. The first kappa shape index (κ1) is 30.9. The van der Waals surface area contributed by atoms with Gasteiger partial charge < -0.3 is 15.0 Å². The summed E-state index contributed by atoms with van der Waals surface area (Å²) in [5, 5.41) is 9.90. The molecule has 226 valence electrons. The summed E-state index contributed by atoms with van der Waals surface area (Å²) in [6.45, 7) is 4.50. The van der Waals surface area contributed by atoms with Gasteiger partial charge in [-0.15, -0.1) is 0 Å². The second-order valence-electron chi connectivity index (χ2n) is 12.0. The van der Waals surface area contributed by atoms with E-state index in [2.05, 4.69) is 114 Å². The van der Waals surface area contributed by atoms with Gasteiger partial charge in [0.1, 0.15) is 15.9 Å². The normalized spacial score (nSPS) is 21.5. The van der Waals surface area contributed by atoms with Gasteiger partial charge in [0.2, 0.25) is 0 Å². The number of piperidine rings is 3. The predicted molar refractivity (Wildman–Crippen MR) is 181 cm³/mol. The zero-order valence-corrected chi connectivity index (χ0v) is 27.4. The van der Waals surface area contributed by atoms with Crippen molar-refractivity contribution in [2.24, 2.45) is 11.8 Å². The molecule has 3 unspecified atom stereocenters. The molecule has 5 atom stereocenters. The number of carbonyl (C=O) groups is 1. The van der Waals surface area contributed by atoms with Crippen LogP contribution in [0.3, 0.4) is 0 Å². The molecule has 3 aliphatic rings. The second kappa shape index (κ2) is 13.9. The fourth-order valence-corrected chi connectivity index (χ4v) is 10.2. The standard InChI is InChI=1S/C38H38N3OP.Ag/c1-2-27-26-41-24-22-28(27)25-35(41)37(32-21-23-39-34-19-11-9-17-31(32)34)40-38(42)33-18-10-12-20-36(33)43(29-13-5-3-6-14-29)30-15-7-4-8-16-30;/h3-21,23,27-28,35,37H,2,22,24-26H2,1H3,(H,40,42);/q;+1/t27?,28?,35-,37-;/m1./s1. The van der Waals surface area contributed by atoms with Crippen LogP contribution in [0.25, 0.3) is 16.2 Å². The minimum Gasteiger partial charge on any atom is -0.641 e. The van der Waals surface area contributed by atoms with E-state index in [-0.39, 0.29) is 40.4 Å². The summed E-state index contributed by atoms with van der Waals surface area (Å²) < 4.78 is 0. The average Bonchev–Trinajstić information content (AvgIpc) is 3.08. The summed E-state index contributed by atoms with van der Waals surface area (Å²) in [5.74, 6) is 1.31. The van der Waals surface area contributed by atoms with Crippen molar-refractivity contribution in [2.75, 3.05) is 13.1 Å². The number of hydrogen-bond acceptors (Lipinski definition) is 3. The molecule has 0 saturated carbocycles. The summed E-state index contributed by atoms with van der Waals surface area (Å²) >= 11 is 0. The van der Waals surface area contributed by atoms with E-state index in [0.29, 0.717) is 5.92 Å². The molecule has 8 rings (SSSR count). The maximum atomic E-state index is 14.5. The summed E-state index contributed by atoms with van der Waals surface area (Å²) in [4.78, 5) is 21.8. The minimum absolute atomic E-state index is 0. The van der Waals surface area contributed by atoms with E-state index in [1.54, 1.807) is 0 Å². The van der Waals surface area contributed by atoms with Gasteiger partial charge in [0.25, 0.3) is 0 Å². The Morgan fingerprint density at radius 2 is 1.55 bits per heavy atom. The Labute approximate surface area is 277 Å². The van der Waals surface area contributed by atoms with E-state index in [1.807, 2.05) is 24.4 Å². The van der Waals surface area contributed by atoms with Gasteiger partial charge in [-0.05, 0) is 85.3 Å². The molecular formula is C38H38AgN3OP+. The molecule has 3 saturated heterocycles. The van der Waals surface area contributed by atoms with Gasteiger partial charge in [0, 0.05) is 29.7 Å². The van der Waals surface area contributed by atoms with Crippen molar-refractivity contribution in [1.82, 2.24) is 9.88 Å². The van der Waals surface area contributed by atoms with Crippen LogP contribution in [-0.2, 0) is 22.4 Å². The van der Waals surface area contributed by atoms with Crippen LogP contribution in [0.5, 0.6) is 0 Å². The third-order valence-electron chi connectivity index (χ3n) is 9.63. The van der Waals surface area contributed by atoms with Crippen molar-refractivity contribution in [2.45, 2.75) is 38.3 Å². The Kier molecular flexibility index (Phi) is 9.76. The molecule has 44 heavy (non-hydrogen) atoms. The second-order valence-corrected chi connectivity index (χ2v) is 14.4. The number of benzene rings is 4. The van der Waals surface area contributed by atoms with Gasteiger partial charge in [-0.2, -0.15) is 0 Å². The van der Waals surface area contributed by atoms with Gasteiger partial charge in [0.15, 0.2) is 0 Å². The number of carbonyl (C=O) groups excluding carboxylic acids is 1. The van der Waals surface area contributed by atoms with E-state index >= 15 is 0 Å². The van der Waals surface area contributed by atoms with E-state index in [1.165, 1.54) is 23.5 Å². The number of fused-ring (bicyclic) bond motifs is 4. The van der Waals surface area contributed by atoms with Crippen LogP contribution in [0.15, 0.2) is 121 Å². The molecule has 3 fully saturated rings. The van der Waals surface area contributed by atoms with Crippen LogP contribution < -0.4 is 15.9 Å². The smallest absolute Gasteiger partial charge is 0.641 e. The molecule has 0 N–H and O–H groups in total. The van der Waals surface area contributed by atoms with Gasteiger partial charge in [-0.3, -0.25) is 4.98 Å². The summed E-state index contributed by atoms with van der Waals surface area (Å²) in [7, 11) is -1.43. The third-order valence-corrected chi connectivity index (χ3v) is 12.4. The first-order valence-electron chi connectivity index (χ1n) is 15.6. The maximum Gasteiger partial charge on any atom is 1.00 e. The molecule has 0 spiro atoms. The first-order chi connectivity index (χ1) is 21.2. The largest absolute Gasteiger partial charge is 1.00 e. The number of hydrogen-bond donors (Lipinski definition) is 0. The van der Waals surface area contributed by atoms with Gasteiger partial charge in [0.05, 0.1) is 19.3 Å². The molecule has 4 aromatic carbocycles. The monoisotopic (exact) mass is 690 g/mol. The number of para-hydroxylation sites is 1. The van der Waals surface area contributed by atoms with Crippen LogP contribution in [0.4, 0.5) is 0 Å². The van der Waals surface area contributed by atoms with Gasteiger partial charge >= 0.3 is 22.4 Å². The fraction of sp³-hybridized carbons (Fsp3) is 0.263. The predicted octanol–water partition coefficient (Wildman–Crippen LogP) is 7.10. The Balaban J connectivity index is 0.00000343. The third kappa shape index (κ3) is 6.07. The zero-order valence-electron chi connectivity index (χ0n) is 24.9. The number of aromatic nitrogens is 1. The van der Waals surface area contributed by atoms with Crippen molar-refractivity contribution >= 4 is 40.6 Å². The molecule has 1 aromatic heterocycles. The van der Waals surface area contributed by atoms with Crippen molar-refractivity contribution in [1.29, 1.82) is 0 Å². The minimum atomic E-state index is -1.43. The van der Waals surface area contributed by atoms with E-state index < -0.39 is 7.92 Å². The molecule has 5 aromatic rings. The summed E-state index contributed by atoms with van der Waals surface area (Å²) in [5.41, 5.74) is 2.78. The van der Waals surface area contributed by atoms with Crippen LogP contribution in [0.1, 0.15) is 48.1 Å². The van der Waals surface area contributed by atoms with E-state index in [9.17, 15) is 4.79 Å². The van der Waals surface area contributed by atoms with Crippen molar-refractivity contribution in [3.8, 4) is 0 Å². The molecule has 6 heteroatoms. The van der Waals surface area contributed by atoms with Crippen LogP contribution in [0, 0.1) is 11.8 Å². The zero-order chi connectivity index (χ0) is 29.2. The topological polar surface area (TPSA) is 47.3 Å². The molecule has 0 aliphatic carbocycles. The Bertz CT molecular complexity index is 1670. The van der Waals surface area contributed by atoms with Crippen molar-refractivity contribution < 1.29 is 27.2 Å². The molecule has 1 amide bonds. The summed E-state index contributed by atoms with van der Waals surface area (Å²) in [6, 6.07) is 39.8. The van der Waals surface area contributed by atoms with Gasteiger partial charge in [-0.1, -0.05) is 86.1 Å². The molecule has 0 radical (unpaired) electrons. The Morgan fingerprint density at radius 1 is 0.886 bits per heavy atom. The van der Waals surface area contributed by atoms with Crippen LogP contribution in [0.2, 0.25) is 0 Å². The van der Waals surface area contributed by atoms with Gasteiger partial charge in [-0.25, -0.2) is 0 Å². The number of amides is 1. The quantitative estimate of drug-likeness (QED) is 0.129. The van der Waals surface area contributed by atoms with E-state index in [0.717, 1.165) is 52.8 Å². The maximum absolute atomic E-state index is 14.5. The van der Waals surface area contributed by atoms with Crippen molar-refractivity contribution in [3.05, 3.63) is 138 Å². The Morgan fingerprint density at radius 3 is 2.23 bits per heavy atom. The Hall–Kier alpha value is -3.11.